The van der Waals surface area contributed by atoms with E-state index < -0.39 is 5.97 Å². The van der Waals surface area contributed by atoms with Gasteiger partial charge in [0.05, 0.1) is 24.2 Å². The van der Waals surface area contributed by atoms with Crippen molar-refractivity contribution in [2.45, 2.75) is 19.3 Å². The molecule has 0 heterocycles. The summed E-state index contributed by atoms with van der Waals surface area (Å²) < 4.78 is 5.39. The fraction of sp³-hybridized carbons (Fsp3) is 0.222. The maximum atomic E-state index is 10.9. The first kappa shape index (κ1) is 15.6. The molecule has 1 atom stereocenters. The predicted octanol–water partition coefficient (Wildman–Crippen LogP) is 3.63. The molecule has 0 saturated carbocycles. The van der Waals surface area contributed by atoms with E-state index in [4.69, 9.17) is 9.84 Å². The fourth-order valence-electron chi connectivity index (χ4n) is 2.22. The summed E-state index contributed by atoms with van der Waals surface area (Å²) in [5, 5.41) is 18.3. The van der Waals surface area contributed by atoms with Crippen LogP contribution in [0.1, 0.15) is 34.3 Å². The molecule has 0 aromatic heterocycles. The highest BCUT2D eigenvalue weighted by molar-refractivity contribution is 5.87. The molecule has 22 heavy (non-hydrogen) atoms. The lowest BCUT2D eigenvalue weighted by molar-refractivity contribution is 0.0697. The van der Waals surface area contributed by atoms with E-state index in [1.165, 1.54) is 12.1 Å². The van der Waals surface area contributed by atoms with Crippen LogP contribution in [0.25, 0.3) is 0 Å². The number of hydrogen-bond donors (Lipinski definition) is 1. The van der Waals surface area contributed by atoms with E-state index in [0.717, 1.165) is 16.9 Å². The number of carboxylic acids is 1. The van der Waals surface area contributed by atoms with Crippen molar-refractivity contribution in [3.8, 4) is 11.8 Å². The minimum atomic E-state index is -0.966. The maximum Gasteiger partial charge on any atom is 0.335 e. The number of carboxylic acid groups (broad SMARTS) is 1. The van der Waals surface area contributed by atoms with Crippen molar-refractivity contribution < 1.29 is 14.6 Å². The average molecular weight is 295 g/mol. The normalized spacial score (nSPS) is 11.5. The third-order valence-electron chi connectivity index (χ3n) is 3.39. The summed E-state index contributed by atoms with van der Waals surface area (Å²) in [7, 11) is 0. The third kappa shape index (κ3) is 3.86. The fourth-order valence-corrected chi connectivity index (χ4v) is 2.22. The summed E-state index contributed by atoms with van der Waals surface area (Å²) in [4.78, 5) is 10.9. The molecule has 2 aromatic carbocycles. The largest absolute Gasteiger partial charge is 0.494 e. The van der Waals surface area contributed by atoms with Crippen molar-refractivity contribution in [3.63, 3.8) is 0 Å². The van der Waals surface area contributed by atoms with Gasteiger partial charge in [-0.3, -0.25) is 0 Å². The predicted molar refractivity (Wildman–Crippen MR) is 83.1 cm³/mol. The third-order valence-corrected chi connectivity index (χ3v) is 3.39. The second-order valence-electron chi connectivity index (χ2n) is 4.89. The number of benzene rings is 2. The van der Waals surface area contributed by atoms with Gasteiger partial charge in [0.15, 0.2) is 0 Å². The summed E-state index contributed by atoms with van der Waals surface area (Å²) in [6, 6.07) is 16.4. The molecule has 1 unspecified atom stereocenters. The van der Waals surface area contributed by atoms with Gasteiger partial charge in [-0.05, 0) is 48.7 Å². The van der Waals surface area contributed by atoms with Crippen LogP contribution in [0.15, 0.2) is 48.5 Å². The van der Waals surface area contributed by atoms with Crippen LogP contribution in [0.4, 0.5) is 0 Å². The van der Waals surface area contributed by atoms with E-state index in [1.807, 2.05) is 31.2 Å². The molecule has 0 saturated heterocycles. The van der Waals surface area contributed by atoms with E-state index in [0.29, 0.717) is 13.0 Å². The Morgan fingerprint density at radius 2 is 1.82 bits per heavy atom. The Balaban J connectivity index is 2.11. The van der Waals surface area contributed by atoms with Crippen LogP contribution in [0, 0.1) is 11.3 Å². The molecule has 4 heteroatoms. The lowest BCUT2D eigenvalue weighted by Crippen LogP contribution is -2.02. The summed E-state index contributed by atoms with van der Waals surface area (Å²) >= 11 is 0. The number of aromatic carboxylic acids is 1. The number of nitriles is 1. The Morgan fingerprint density at radius 3 is 2.32 bits per heavy atom. The molecule has 2 aromatic rings. The first-order valence-corrected chi connectivity index (χ1v) is 7.08. The van der Waals surface area contributed by atoms with Crippen LogP contribution < -0.4 is 4.74 Å². The number of ether oxygens (including phenoxy) is 1. The van der Waals surface area contributed by atoms with E-state index >= 15 is 0 Å². The van der Waals surface area contributed by atoms with E-state index in [1.54, 1.807) is 12.1 Å². The molecule has 0 radical (unpaired) electrons. The van der Waals surface area contributed by atoms with Crippen LogP contribution in [0.5, 0.6) is 5.75 Å². The van der Waals surface area contributed by atoms with E-state index in [2.05, 4.69) is 6.07 Å². The zero-order valence-corrected chi connectivity index (χ0v) is 12.3. The lowest BCUT2D eigenvalue weighted by atomic mass is 9.92. The highest BCUT2D eigenvalue weighted by Crippen LogP contribution is 2.22. The van der Waals surface area contributed by atoms with E-state index in [9.17, 15) is 10.1 Å². The Kier molecular flexibility index (Phi) is 5.16. The Hall–Kier alpha value is -2.80. The quantitative estimate of drug-likeness (QED) is 0.883. The van der Waals surface area contributed by atoms with Gasteiger partial charge in [0, 0.05) is 0 Å². The van der Waals surface area contributed by atoms with Gasteiger partial charge in [-0.2, -0.15) is 5.26 Å². The first-order chi connectivity index (χ1) is 10.6. The van der Waals surface area contributed by atoms with Gasteiger partial charge >= 0.3 is 5.97 Å². The van der Waals surface area contributed by atoms with Crippen LogP contribution in [-0.4, -0.2) is 17.7 Å². The van der Waals surface area contributed by atoms with Crippen molar-refractivity contribution in [1.29, 1.82) is 5.26 Å². The number of nitrogens with zero attached hydrogens (tertiary/aromatic N) is 1. The van der Waals surface area contributed by atoms with Gasteiger partial charge in [0.2, 0.25) is 0 Å². The molecule has 0 aliphatic heterocycles. The molecule has 2 rings (SSSR count). The van der Waals surface area contributed by atoms with Crippen LogP contribution in [0.2, 0.25) is 0 Å². The average Bonchev–Trinajstić information content (AvgIpc) is 2.54. The molecule has 1 N–H and O–H groups in total. The molecule has 112 valence electrons. The zero-order chi connectivity index (χ0) is 15.9. The van der Waals surface area contributed by atoms with Crippen molar-refractivity contribution in [2.24, 2.45) is 0 Å². The van der Waals surface area contributed by atoms with Crippen LogP contribution >= 0.6 is 0 Å². The molecule has 0 fully saturated rings. The molecule has 0 aliphatic rings. The van der Waals surface area contributed by atoms with Crippen LogP contribution in [-0.2, 0) is 6.42 Å². The molecule has 0 amide bonds. The van der Waals surface area contributed by atoms with Gasteiger partial charge in [0.1, 0.15) is 5.75 Å². The minimum Gasteiger partial charge on any atom is -0.494 e. The Labute approximate surface area is 129 Å². The molecular weight excluding hydrogens is 278 g/mol. The molecule has 0 spiro atoms. The van der Waals surface area contributed by atoms with Gasteiger partial charge in [-0.25, -0.2) is 4.79 Å². The Bertz CT molecular complexity index is 669. The molecular formula is C18H17NO3. The second kappa shape index (κ2) is 7.28. The van der Waals surface area contributed by atoms with Gasteiger partial charge in [-0.15, -0.1) is 0 Å². The van der Waals surface area contributed by atoms with Crippen molar-refractivity contribution >= 4 is 5.97 Å². The lowest BCUT2D eigenvalue weighted by Gasteiger charge is -2.11. The smallest absolute Gasteiger partial charge is 0.335 e. The SMILES string of the molecule is CCOc1ccc(CC(C#N)c2ccc(C(=O)O)cc2)cc1. The summed E-state index contributed by atoms with van der Waals surface area (Å²) in [5.74, 6) is -0.460. The maximum absolute atomic E-state index is 10.9. The summed E-state index contributed by atoms with van der Waals surface area (Å²) in [6.45, 7) is 2.55. The summed E-state index contributed by atoms with van der Waals surface area (Å²) in [6.07, 6.45) is 0.579. The van der Waals surface area contributed by atoms with Crippen molar-refractivity contribution in [3.05, 3.63) is 65.2 Å². The number of hydrogen-bond acceptors (Lipinski definition) is 3. The van der Waals surface area contributed by atoms with Gasteiger partial charge < -0.3 is 9.84 Å². The highest BCUT2D eigenvalue weighted by atomic mass is 16.5. The first-order valence-electron chi connectivity index (χ1n) is 7.08. The number of rotatable bonds is 6. The molecule has 0 bridgehead atoms. The second-order valence-corrected chi connectivity index (χ2v) is 4.89. The van der Waals surface area contributed by atoms with Crippen molar-refractivity contribution in [1.82, 2.24) is 0 Å². The molecule has 0 aliphatic carbocycles. The van der Waals surface area contributed by atoms with Gasteiger partial charge in [0.25, 0.3) is 0 Å². The minimum absolute atomic E-state index is 0.224. The monoisotopic (exact) mass is 295 g/mol. The van der Waals surface area contributed by atoms with Crippen molar-refractivity contribution in [2.75, 3.05) is 6.61 Å². The van der Waals surface area contributed by atoms with Gasteiger partial charge in [-0.1, -0.05) is 24.3 Å². The van der Waals surface area contributed by atoms with Crippen LogP contribution in [0.3, 0.4) is 0 Å². The zero-order valence-electron chi connectivity index (χ0n) is 12.3. The molecule has 4 nitrogen and oxygen atoms in total. The van der Waals surface area contributed by atoms with E-state index in [-0.39, 0.29) is 11.5 Å². The standard InChI is InChI=1S/C18H17NO3/c1-2-22-17-9-3-13(4-10-17)11-16(12-19)14-5-7-15(8-6-14)18(20)21/h3-10,16H,2,11H2,1H3,(H,20,21). The summed E-state index contributed by atoms with van der Waals surface area (Å²) in [5.41, 5.74) is 2.08. The number of carbonyl (C=O) groups is 1. The highest BCUT2D eigenvalue weighted by Gasteiger charge is 2.12. The Morgan fingerprint density at radius 1 is 1.18 bits per heavy atom. The topological polar surface area (TPSA) is 70.3 Å².